The highest BCUT2D eigenvalue weighted by Gasteiger charge is 2.38. The number of amides is 2. The van der Waals surface area contributed by atoms with E-state index in [1.54, 1.807) is 5.32 Å². The molecule has 0 bridgehead atoms. The lowest BCUT2D eigenvalue weighted by Crippen LogP contribution is -2.46. The number of fused-ring (bicyclic) bond motifs is 1. The van der Waals surface area contributed by atoms with E-state index in [-0.39, 0.29) is 17.7 Å². The van der Waals surface area contributed by atoms with E-state index in [2.05, 4.69) is 5.32 Å². The van der Waals surface area contributed by atoms with E-state index in [4.69, 9.17) is 5.11 Å². The number of nitrogens with one attached hydrogen (secondary N) is 2. The molecule has 1 aromatic rings. The van der Waals surface area contributed by atoms with Gasteiger partial charge in [0.1, 0.15) is 11.9 Å². The lowest BCUT2D eigenvalue weighted by atomic mass is 9.89. The number of aliphatic carboxylic acids is 1. The number of carbonyl (C=O) groups excluding carboxylic acids is 2. The molecule has 0 fully saturated rings. The van der Waals surface area contributed by atoms with Crippen LogP contribution in [-0.4, -0.2) is 35.1 Å². The first-order chi connectivity index (χ1) is 11.1. The van der Waals surface area contributed by atoms with Crippen molar-refractivity contribution in [2.24, 2.45) is 0 Å². The van der Waals surface area contributed by atoms with Crippen molar-refractivity contribution < 1.29 is 37.1 Å². The first-order valence-electron chi connectivity index (χ1n) is 6.76. The highest BCUT2D eigenvalue weighted by Crippen LogP contribution is 2.33. The molecule has 2 atom stereocenters. The average Bonchev–Trinajstić information content (AvgIpc) is 2.43. The Balaban J connectivity index is 2.23. The lowest BCUT2D eigenvalue weighted by Gasteiger charge is -2.26. The fourth-order valence-corrected chi connectivity index (χ4v) is 2.37. The molecule has 130 valence electrons. The van der Waals surface area contributed by atoms with Crippen LogP contribution in [0.2, 0.25) is 0 Å². The Kier molecular flexibility index (Phi) is 4.76. The molecule has 2 rings (SSSR count). The van der Waals surface area contributed by atoms with Crippen molar-refractivity contribution in [3.8, 4) is 0 Å². The molecule has 1 aromatic carbocycles. The minimum Gasteiger partial charge on any atom is -0.480 e. The predicted octanol–water partition coefficient (Wildman–Crippen LogP) is 1.77. The monoisotopic (exact) mass is 348 g/mol. The first kappa shape index (κ1) is 17.7. The molecule has 0 saturated heterocycles. The zero-order valence-corrected chi connectivity index (χ0v) is 12.0. The highest BCUT2D eigenvalue weighted by atomic mass is 19.4. The van der Waals surface area contributed by atoms with Gasteiger partial charge in [-0.2, -0.15) is 13.2 Å². The van der Waals surface area contributed by atoms with Crippen LogP contribution in [0, 0.1) is 5.82 Å². The van der Waals surface area contributed by atoms with Gasteiger partial charge in [0.05, 0.1) is 12.3 Å². The summed E-state index contributed by atoms with van der Waals surface area (Å²) in [5.74, 6) is -5.40. The Hall–Kier alpha value is -2.65. The Bertz CT molecular complexity index is 690. The van der Waals surface area contributed by atoms with Gasteiger partial charge in [-0.25, -0.2) is 9.18 Å². The number of carboxylic acids is 1. The topological polar surface area (TPSA) is 95.5 Å². The molecule has 10 heteroatoms. The molecule has 24 heavy (non-hydrogen) atoms. The molecule has 0 aliphatic carbocycles. The number of alkyl halides is 3. The summed E-state index contributed by atoms with van der Waals surface area (Å²) in [6.07, 6.45) is -6.92. The largest absolute Gasteiger partial charge is 0.480 e. The molecule has 0 aromatic heterocycles. The second-order valence-corrected chi connectivity index (χ2v) is 5.26. The second-order valence-electron chi connectivity index (χ2n) is 5.26. The van der Waals surface area contributed by atoms with Crippen LogP contribution in [0.25, 0.3) is 0 Å². The van der Waals surface area contributed by atoms with Crippen molar-refractivity contribution in [1.82, 2.24) is 5.32 Å². The number of hydrogen-bond donors (Lipinski definition) is 3. The van der Waals surface area contributed by atoms with Crippen molar-refractivity contribution >= 4 is 23.5 Å². The maximum Gasteiger partial charge on any atom is 0.391 e. The number of carboxylic acid groups (broad SMARTS) is 1. The summed E-state index contributed by atoms with van der Waals surface area (Å²) in [7, 11) is 0. The number of hydrogen-bond acceptors (Lipinski definition) is 3. The maximum absolute atomic E-state index is 13.2. The van der Waals surface area contributed by atoms with Gasteiger partial charge < -0.3 is 15.7 Å². The number of anilines is 1. The third-order valence-corrected chi connectivity index (χ3v) is 3.42. The molecule has 1 heterocycles. The third kappa shape index (κ3) is 4.21. The summed E-state index contributed by atoms with van der Waals surface area (Å²) < 4.78 is 50.3. The Morgan fingerprint density at radius 1 is 1.38 bits per heavy atom. The van der Waals surface area contributed by atoms with E-state index in [0.29, 0.717) is 0 Å². The molecule has 3 N–H and O–H groups in total. The van der Waals surface area contributed by atoms with Gasteiger partial charge in [-0.3, -0.25) is 9.59 Å². The zero-order chi connectivity index (χ0) is 18.1. The number of benzene rings is 1. The van der Waals surface area contributed by atoms with Crippen LogP contribution in [0.1, 0.15) is 24.3 Å². The summed E-state index contributed by atoms with van der Waals surface area (Å²) >= 11 is 0. The number of rotatable bonds is 4. The van der Waals surface area contributed by atoms with Gasteiger partial charge in [-0.15, -0.1) is 0 Å². The summed E-state index contributed by atoms with van der Waals surface area (Å²) in [5.41, 5.74) is 0.221. The molecule has 0 spiro atoms. The quantitative estimate of drug-likeness (QED) is 0.723. The zero-order valence-electron chi connectivity index (χ0n) is 12.0. The highest BCUT2D eigenvalue weighted by molar-refractivity contribution is 6.01. The van der Waals surface area contributed by atoms with E-state index in [9.17, 15) is 31.9 Å². The van der Waals surface area contributed by atoms with Gasteiger partial charge in [0.2, 0.25) is 11.8 Å². The standard InChI is InChI=1S/C14H12F4N2O4/c15-6-1-2-7-8(4-11(21)19-9(7)3-6)12(22)20-10(13(23)24)5-14(16,17)18/h1-3,8,10H,4-5H2,(H,19,21)(H,20,22)(H,23,24). The van der Waals surface area contributed by atoms with Gasteiger partial charge in [0.15, 0.2) is 0 Å². The van der Waals surface area contributed by atoms with Crippen molar-refractivity contribution in [2.75, 3.05) is 5.32 Å². The normalized spacial score (nSPS) is 18.3. The van der Waals surface area contributed by atoms with E-state index in [0.717, 1.165) is 12.1 Å². The lowest BCUT2D eigenvalue weighted by molar-refractivity contribution is -0.160. The molecular formula is C14H12F4N2O4. The second kappa shape index (κ2) is 6.46. The van der Waals surface area contributed by atoms with E-state index >= 15 is 0 Å². The van der Waals surface area contributed by atoms with E-state index in [1.807, 2.05) is 0 Å². The molecule has 1 aliphatic rings. The van der Waals surface area contributed by atoms with Crippen molar-refractivity contribution in [1.29, 1.82) is 0 Å². The molecule has 6 nitrogen and oxygen atoms in total. The Morgan fingerprint density at radius 3 is 2.62 bits per heavy atom. The third-order valence-electron chi connectivity index (χ3n) is 3.42. The maximum atomic E-state index is 13.2. The van der Waals surface area contributed by atoms with Crippen LogP contribution in [0.15, 0.2) is 18.2 Å². The van der Waals surface area contributed by atoms with Gasteiger partial charge in [-0.05, 0) is 17.7 Å². The summed E-state index contributed by atoms with van der Waals surface area (Å²) in [5, 5.41) is 13.0. The SMILES string of the molecule is O=C1CC(C(=O)NC(CC(F)(F)F)C(=O)O)c2ccc(F)cc2N1. The van der Waals surface area contributed by atoms with Gasteiger partial charge in [0.25, 0.3) is 0 Å². The molecule has 2 amide bonds. The van der Waals surface area contributed by atoms with E-state index in [1.165, 1.54) is 6.07 Å². The minimum atomic E-state index is -4.79. The van der Waals surface area contributed by atoms with Crippen LogP contribution in [0.4, 0.5) is 23.2 Å². The Morgan fingerprint density at radius 2 is 2.04 bits per heavy atom. The van der Waals surface area contributed by atoms with Gasteiger partial charge in [0, 0.05) is 12.1 Å². The fraction of sp³-hybridized carbons (Fsp3) is 0.357. The summed E-state index contributed by atoms with van der Waals surface area (Å²) in [6, 6.07) is 1.04. The summed E-state index contributed by atoms with van der Waals surface area (Å²) in [4.78, 5) is 34.7. The molecule has 2 unspecified atom stereocenters. The average molecular weight is 348 g/mol. The number of carbonyl (C=O) groups is 3. The number of halogens is 4. The smallest absolute Gasteiger partial charge is 0.391 e. The van der Waals surface area contributed by atoms with Crippen LogP contribution >= 0.6 is 0 Å². The molecule has 0 saturated carbocycles. The molecular weight excluding hydrogens is 336 g/mol. The summed E-state index contributed by atoms with van der Waals surface area (Å²) in [6.45, 7) is 0. The minimum absolute atomic E-state index is 0.0223. The van der Waals surface area contributed by atoms with Crippen molar-refractivity contribution in [2.45, 2.75) is 31.0 Å². The predicted molar refractivity (Wildman–Crippen MR) is 72.6 cm³/mol. The van der Waals surface area contributed by atoms with Crippen molar-refractivity contribution in [3.05, 3.63) is 29.6 Å². The van der Waals surface area contributed by atoms with Crippen molar-refractivity contribution in [3.63, 3.8) is 0 Å². The fourth-order valence-electron chi connectivity index (χ4n) is 2.37. The molecule has 0 radical (unpaired) electrons. The Labute approximate surface area is 132 Å². The van der Waals surface area contributed by atoms with Gasteiger partial charge >= 0.3 is 12.1 Å². The molecule has 1 aliphatic heterocycles. The van der Waals surface area contributed by atoms with E-state index < -0.39 is 48.2 Å². The van der Waals surface area contributed by atoms with Crippen LogP contribution < -0.4 is 10.6 Å². The first-order valence-corrected chi connectivity index (χ1v) is 6.76. The van der Waals surface area contributed by atoms with Gasteiger partial charge in [-0.1, -0.05) is 6.07 Å². The van der Waals surface area contributed by atoms with Crippen LogP contribution in [0.5, 0.6) is 0 Å². The van der Waals surface area contributed by atoms with Crippen LogP contribution in [-0.2, 0) is 14.4 Å². The van der Waals surface area contributed by atoms with Crippen LogP contribution in [0.3, 0.4) is 0 Å².